The van der Waals surface area contributed by atoms with Crippen molar-refractivity contribution in [3.05, 3.63) is 114 Å². The Morgan fingerprint density at radius 2 is 1.60 bits per heavy atom. The Hall–Kier alpha value is -4.68. The average Bonchev–Trinajstić information content (AvgIpc) is 3.18. The molecule has 2 N–H and O–H groups in total. The van der Waals surface area contributed by atoms with E-state index in [4.69, 9.17) is 23.7 Å². The van der Waals surface area contributed by atoms with Gasteiger partial charge in [-0.3, -0.25) is 4.90 Å². The van der Waals surface area contributed by atoms with Crippen molar-refractivity contribution in [1.29, 1.82) is 0 Å². The number of alkyl carbamates (subject to hydrolysis) is 1. The van der Waals surface area contributed by atoms with E-state index in [0.717, 1.165) is 52.7 Å². The van der Waals surface area contributed by atoms with Gasteiger partial charge in [0.05, 0.1) is 58.9 Å². The number of fused-ring (bicyclic) bond motifs is 1. The van der Waals surface area contributed by atoms with Crippen molar-refractivity contribution in [2.24, 2.45) is 5.92 Å². The zero-order valence-corrected chi connectivity index (χ0v) is 29.6. The summed E-state index contributed by atoms with van der Waals surface area (Å²) in [5.41, 5.74) is 3.10. The molecule has 6 rings (SSSR count). The molecule has 0 aromatic heterocycles. The number of hydrogen-bond acceptors (Lipinski definition) is 8. The van der Waals surface area contributed by atoms with Crippen LogP contribution in [0, 0.1) is 5.92 Å². The molecule has 2 saturated heterocycles. The highest BCUT2D eigenvalue weighted by Crippen LogP contribution is 2.37. The zero-order valence-electron chi connectivity index (χ0n) is 29.6. The Bertz CT molecular complexity index is 1700. The number of carbonyl (C=O) groups is 2. The highest BCUT2D eigenvalue weighted by molar-refractivity contribution is 5.83. The van der Waals surface area contributed by atoms with Gasteiger partial charge < -0.3 is 39.0 Å². The lowest BCUT2D eigenvalue weighted by Gasteiger charge is -2.42. The van der Waals surface area contributed by atoms with Crippen LogP contribution in [0.4, 0.5) is 9.59 Å². The number of benzene rings is 4. The molecular formula is C41H49N3O8. The number of rotatable bonds is 16. The van der Waals surface area contributed by atoms with Gasteiger partial charge in [-0.15, -0.1) is 0 Å². The fourth-order valence-corrected chi connectivity index (χ4v) is 6.87. The van der Waals surface area contributed by atoms with Gasteiger partial charge in [0, 0.05) is 51.0 Å². The molecule has 52 heavy (non-hydrogen) atoms. The van der Waals surface area contributed by atoms with Gasteiger partial charge in [-0.1, -0.05) is 78.9 Å². The van der Waals surface area contributed by atoms with Gasteiger partial charge in [0.2, 0.25) is 0 Å². The lowest BCUT2D eigenvalue weighted by molar-refractivity contribution is -0.0494. The number of carbonyl (C=O) groups excluding carboxylic acids is 1. The van der Waals surface area contributed by atoms with E-state index in [1.807, 2.05) is 72.8 Å². The van der Waals surface area contributed by atoms with E-state index in [0.29, 0.717) is 52.7 Å². The van der Waals surface area contributed by atoms with Crippen molar-refractivity contribution in [3.63, 3.8) is 0 Å². The van der Waals surface area contributed by atoms with Crippen LogP contribution in [0.3, 0.4) is 0 Å². The standard InChI is InChI=1S/C41H49N3O8/c45-40(42-17-18-43-19-23-48-24-20-43)52-30-36-26-44(41(46)47)27-38(51-29-32-11-12-33-9-4-5-10-35(33)25-32)39(36)34-13-15-37(16-14-34)50-22-6-21-49-28-31-7-2-1-3-8-31/h1-5,7-16,25,36,38-39H,6,17-24,26-30H2,(H,42,45)(H,46,47). The van der Waals surface area contributed by atoms with Crippen molar-refractivity contribution < 1.29 is 38.4 Å². The van der Waals surface area contributed by atoms with Gasteiger partial charge in [0.15, 0.2) is 0 Å². The molecule has 2 aliphatic heterocycles. The van der Waals surface area contributed by atoms with E-state index in [-0.39, 0.29) is 31.5 Å². The van der Waals surface area contributed by atoms with E-state index in [9.17, 15) is 14.7 Å². The number of piperidine rings is 1. The van der Waals surface area contributed by atoms with Gasteiger partial charge in [0.1, 0.15) is 5.75 Å². The highest BCUT2D eigenvalue weighted by atomic mass is 16.5. The van der Waals surface area contributed by atoms with Gasteiger partial charge in [-0.05, 0) is 45.7 Å². The number of ether oxygens (including phenoxy) is 5. The lowest BCUT2D eigenvalue weighted by Crippen LogP contribution is -2.52. The molecule has 0 spiro atoms. The first-order valence-electron chi connectivity index (χ1n) is 18.1. The molecule has 2 aliphatic rings. The fourth-order valence-electron chi connectivity index (χ4n) is 6.87. The van der Waals surface area contributed by atoms with Gasteiger partial charge in [-0.2, -0.15) is 0 Å². The minimum absolute atomic E-state index is 0.0366. The smallest absolute Gasteiger partial charge is 0.407 e. The molecule has 2 fully saturated rings. The summed E-state index contributed by atoms with van der Waals surface area (Å²) in [4.78, 5) is 28.7. The van der Waals surface area contributed by atoms with E-state index >= 15 is 0 Å². The molecular weight excluding hydrogens is 662 g/mol. The highest BCUT2D eigenvalue weighted by Gasteiger charge is 2.41. The van der Waals surface area contributed by atoms with E-state index in [1.54, 1.807) is 0 Å². The summed E-state index contributed by atoms with van der Waals surface area (Å²) in [6.45, 7) is 6.62. The quantitative estimate of drug-likeness (QED) is 0.132. The van der Waals surface area contributed by atoms with Crippen LogP contribution < -0.4 is 10.1 Å². The Morgan fingerprint density at radius 3 is 2.38 bits per heavy atom. The maximum Gasteiger partial charge on any atom is 0.407 e. The van der Waals surface area contributed by atoms with Crippen molar-refractivity contribution in [2.45, 2.75) is 31.7 Å². The third-order valence-corrected chi connectivity index (χ3v) is 9.62. The monoisotopic (exact) mass is 711 g/mol. The second kappa shape index (κ2) is 19.2. The average molecular weight is 712 g/mol. The first-order valence-corrected chi connectivity index (χ1v) is 18.1. The van der Waals surface area contributed by atoms with Crippen LogP contribution in [0.25, 0.3) is 10.8 Å². The van der Waals surface area contributed by atoms with Crippen LogP contribution in [0.5, 0.6) is 5.75 Å². The molecule has 276 valence electrons. The second-order valence-corrected chi connectivity index (χ2v) is 13.3. The molecule has 11 nitrogen and oxygen atoms in total. The molecule has 0 saturated carbocycles. The minimum Gasteiger partial charge on any atom is -0.494 e. The predicted octanol–water partition coefficient (Wildman–Crippen LogP) is 6.16. The molecule has 4 aromatic rings. The Morgan fingerprint density at radius 1 is 0.827 bits per heavy atom. The maximum atomic E-state index is 12.8. The third kappa shape index (κ3) is 10.9. The number of carboxylic acid groups (broad SMARTS) is 1. The van der Waals surface area contributed by atoms with Crippen LogP contribution in [-0.4, -0.2) is 105 Å². The molecule has 0 radical (unpaired) electrons. The summed E-state index contributed by atoms with van der Waals surface area (Å²) in [6, 6.07) is 32.3. The molecule has 3 atom stereocenters. The van der Waals surface area contributed by atoms with Crippen LogP contribution in [0.15, 0.2) is 97.1 Å². The van der Waals surface area contributed by atoms with Crippen molar-refractivity contribution in [3.8, 4) is 5.75 Å². The van der Waals surface area contributed by atoms with E-state index < -0.39 is 18.3 Å². The summed E-state index contributed by atoms with van der Waals surface area (Å²) in [5, 5.41) is 15.2. The molecule has 0 aliphatic carbocycles. The van der Waals surface area contributed by atoms with E-state index in [2.05, 4.69) is 34.5 Å². The lowest BCUT2D eigenvalue weighted by atomic mass is 9.78. The van der Waals surface area contributed by atoms with Gasteiger partial charge in [0.25, 0.3) is 0 Å². The summed E-state index contributed by atoms with van der Waals surface area (Å²) in [5.74, 6) is 0.151. The number of nitrogens with zero attached hydrogens (tertiary/aromatic N) is 2. The van der Waals surface area contributed by atoms with Crippen molar-refractivity contribution >= 4 is 23.0 Å². The number of nitrogens with one attached hydrogen (secondary N) is 1. The number of likely N-dealkylation sites (tertiary alicyclic amines) is 1. The number of amides is 2. The molecule has 11 heteroatoms. The zero-order chi connectivity index (χ0) is 36.0. The maximum absolute atomic E-state index is 12.8. The first-order chi connectivity index (χ1) is 25.5. The first kappa shape index (κ1) is 37.1. The SMILES string of the molecule is O=C(NCCN1CCOCC1)OCC1CN(C(=O)O)CC(OCc2ccc3ccccc3c2)C1c1ccc(OCCCOCc2ccccc2)cc1. The molecule has 3 unspecified atom stereocenters. The summed E-state index contributed by atoms with van der Waals surface area (Å²) >= 11 is 0. The van der Waals surface area contributed by atoms with Crippen LogP contribution in [0.1, 0.15) is 29.0 Å². The second-order valence-electron chi connectivity index (χ2n) is 13.3. The Balaban J connectivity index is 1.10. The summed E-state index contributed by atoms with van der Waals surface area (Å²) < 4.78 is 29.5. The molecule has 2 heterocycles. The van der Waals surface area contributed by atoms with Crippen LogP contribution in [0.2, 0.25) is 0 Å². The molecule has 4 aromatic carbocycles. The third-order valence-electron chi connectivity index (χ3n) is 9.62. The molecule has 0 bridgehead atoms. The number of hydrogen-bond donors (Lipinski definition) is 2. The topological polar surface area (TPSA) is 119 Å². The fraction of sp³-hybridized carbons (Fsp3) is 0.415. The summed E-state index contributed by atoms with van der Waals surface area (Å²) in [7, 11) is 0. The van der Waals surface area contributed by atoms with Gasteiger partial charge >= 0.3 is 12.2 Å². The van der Waals surface area contributed by atoms with Crippen LogP contribution in [-0.2, 0) is 32.2 Å². The molecule has 2 amide bonds. The van der Waals surface area contributed by atoms with Crippen molar-refractivity contribution in [2.75, 3.05) is 72.3 Å². The largest absolute Gasteiger partial charge is 0.494 e. The van der Waals surface area contributed by atoms with Crippen molar-refractivity contribution in [1.82, 2.24) is 15.1 Å². The number of morpholine rings is 1. The normalized spacial score (nSPS) is 19.3. The summed E-state index contributed by atoms with van der Waals surface area (Å²) in [6.07, 6.45) is -1.29. The minimum atomic E-state index is -1.03. The van der Waals surface area contributed by atoms with Crippen LogP contribution >= 0.6 is 0 Å². The van der Waals surface area contributed by atoms with Gasteiger partial charge in [-0.25, -0.2) is 9.59 Å². The van der Waals surface area contributed by atoms with E-state index in [1.165, 1.54) is 4.90 Å². The Labute approximate surface area is 305 Å². The Kier molecular flexibility index (Phi) is 13.7. The predicted molar refractivity (Wildman–Crippen MR) is 198 cm³/mol.